The lowest BCUT2D eigenvalue weighted by Gasteiger charge is -2.08. The Labute approximate surface area is 127 Å². The lowest BCUT2D eigenvalue weighted by Crippen LogP contribution is -2.26. The van der Waals surface area contributed by atoms with Gasteiger partial charge in [-0.25, -0.2) is 18.1 Å². The first-order valence-corrected chi connectivity index (χ1v) is 8.14. The summed E-state index contributed by atoms with van der Waals surface area (Å²) in [4.78, 5) is 4.33. The first-order valence-electron chi connectivity index (χ1n) is 6.10. The van der Waals surface area contributed by atoms with E-state index in [0.29, 0.717) is 27.3 Å². The summed E-state index contributed by atoms with van der Waals surface area (Å²) in [6, 6.07) is 8.74. The van der Waals surface area contributed by atoms with Crippen LogP contribution in [0.2, 0.25) is 5.02 Å². The zero-order valence-electron chi connectivity index (χ0n) is 11.2. The molecule has 0 saturated heterocycles. The summed E-state index contributed by atoms with van der Waals surface area (Å²) in [7, 11) is -1.91. The summed E-state index contributed by atoms with van der Waals surface area (Å²) < 4.78 is 24.9. The van der Waals surface area contributed by atoms with Gasteiger partial charge in [0.15, 0.2) is 0 Å². The minimum Gasteiger partial charge on any atom is -0.369 e. The Balaban J connectivity index is 2.26. The predicted molar refractivity (Wildman–Crippen MR) is 82.8 cm³/mol. The fourth-order valence-electron chi connectivity index (χ4n) is 1.80. The lowest BCUT2D eigenvalue weighted by atomic mass is 10.1. The fourth-order valence-corrected chi connectivity index (χ4v) is 2.54. The Hall–Kier alpha value is -1.88. The number of nitrogens with one attached hydrogen (secondary N) is 2. The molecule has 0 radical (unpaired) electrons. The molecule has 110 valence electrons. The standard InChI is InChI=1S/C13H13ClN4O2S/c1-16-21(19,20)5-4-17-13-6-9(8-15)11-7-10(14)2-3-12(11)18-13/h2-3,6-7,16H,4-5H2,1H3,(H,17,18). The number of hydrogen-bond acceptors (Lipinski definition) is 5. The first kappa shape index (κ1) is 15.5. The van der Waals surface area contributed by atoms with Crippen LogP contribution in [0.4, 0.5) is 5.82 Å². The largest absolute Gasteiger partial charge is 0.369 e. The molecule has 1 aromatic carbocycles. The van der Waals surface area contributed by atoms with E-state index < -0.39 is 10.0 Å². The van der Waals surface area contributed by atoms with Crippen molar-refractivity contribution in [1.82, 2.24) is 9.71 Å². The van der Waals surface area contributed by atoms with Crippen molar-refractivity contribution in [2.75, 3.05) is 24.7 Å². The van der Waals surface area contributed by atoms with Crippen molar-refractivity contribution < 1.29 is 8.42 Å². The number of hydrogen-bond donors (Lipinski definition) is 2. The van der Waals surface area contributed by atoms with Crippen molar-refractivity contribution in [3.63, 3.8) is 0 Å². The molecule has 1 heterocycles. The molecule has 0 saturated carbocycles. The maximum Gasteiger partial charge on any atom is 0.213 e. The highest BCUT2D eigenvalue weighted by Crippen LogP contribution is 2.23. The van der Waals surface area contributed by atoms with Gasteiger partial charge in [0, 0.05) is 17.0 Å². The molecule has 0 atom stereocenters. The SMILES string of the molecule is CNS(=O)(=O)CCNc1cc(C#N)c2cc(Cl)ccc2n1. The van der Waals surface area contributed by atoms with Gasteiger partial charge in [-0.3, -0.25) is 0 Å². The molecule has 0 fully saturated rings. The van der Waals surface area contributed by atoms with Crippen LogP contribution in [0.3, 0.4) is 0 Å². The number of benzene rings is 1. The predicted octanol–water partition coefficient (Wildman–Crippen LogP) is 1.72. The van der Waals surface area contributed by atoms with Gasteiger partial charge >= 0.3 is 0 Å². The molecule has 2 rings (SSSR count). The van der Waals surface area contributed by atoms with Crippen LogP contribution < -0.4 is 10.0 Å². The Kier molecular flexibility index (Phi) is 4.63. The van der Waals surface area contributed by atoms with E-state index in [4.69, 9.17) is 11.6 Å². The van der Waals surface area contributed by atoms with Gasteiger partial charge in [0.1, 0.15) is 5.82 Å². The van der Waals surface area contributed by atoms with Gasteiger partial charge < -0.3 is 5.32 Å². The normalized spacial score (nSPS) is 11.3. The number of rotatable bonds is 5. The highest BCUT2D eigenvalue weighted by molar-refractivity contribution is 7.89. The highest BCUT2D eigenvalue weighted by Gasteiger charge is 2.09. The molecular weight excluding hydrogens is 312 g/mol. The second-order valence-electron chi connectivity index (χ2n) is 4.28. The van der Waals surface area contributed by atoms with E-state index >= 15 is 0 Å². The molecule has 6 nitrogen and oxygen atoms in total. The van der Waals surface area contributed by atoms with Crippen molar-refractivity contribution in [2.24, 2.45) is 0 Å². The molecule has 0 bridgehead atoms. The van der Waals surface area contributed by atoms with Gasteiger partial charge in [-0.15, -0.1) is 0 Å². The zero-order valence-corrected chi connectivity index (χ0v) is 12.8. The van der Waals surface area contributed by atoms with Crippen LogP contribution in [0.25, 0.3) is 10.9 Å². The third-order valence-electron chi connectivity index (χ3n) is 2.88. The first-order chi connectivity index (χ1) is 9.95. The van der Waals surface area contributed by atoms with Crippen LogP contribution in [0.15, 0.2) is 24.3 Å². The number of halogens is 1. The quantitative estimate of drug-likeness (QED) is 0.873. The number of aromatic nitrogens is 1. The highest BCUT2D eigenvalue weighted by atomic mass is 35.5. The van der Waals surface area contributed by atoms with Crippen molar-refractivity contribution >= 4 is 38.3 Å². The number of anilines is 1. The van der Waals surface area contributed by atoms with Crippen molar-refractivity contribution in [3.8, 4) is 6.07 Å². The molecule has 0 aliphatic carbocycles. The molecule has 1 aromatic heterocycles. The van der Waals surface area contributed by atoms with Gasteiger partial charge in [0.25, 0.3) is 0 Å². The van der Waals surface area contributed by atoms with Crippen molar-refractivity contribution in [3.05, 3.63) is 34.9 Å². The molecule has 0 spiro atoms. The van der Waals surface area contributed by atoms with Gasteiger partial charge in [-0.2, -0.15) is 5.26 Å². The second kappa shape index (κ2) is 6.26. The van der Waals surface area contributed by atoms with E-state index in [9.17, 15) is 13.7 Å². The van der Waals surface area contributed by atoms with Crippen LogP contribution in [-0.4, -0.2) is 32.7 Å². The molecule has 2 N–H and O–H groups in total. The summed E-state index contributed by atoms with van der Waals surface area (Å²) in [6.45, 7) is 0.195. The number of sulfonamides is 1. The van der Waals surface area contributed by atoms with Gasteiger partial charge in [-0.05, 0) is 31.3 Å². The molecular formula is C13H13ClN4O2S. The summed E-state index contributed by atoms with van der Waals surface area (Å²) >= 11 is 5.91. The van der Waals surface area contributed by atoms with E-state index in [0.717, 1.165) is 0 Å². The van der Waals surface area contributed by atoms with Gasteiger partial charge in [0.05, 0.1) is 22.9 Å². The Morgan fingerprint density at radius 2 is 2.14 bits per heavy atom. The van der Waals surface area contributed by atoms with Crippen LogP contribution in [0, 0.1) is 11.3 Å². The summed E-state index contributed by atoms with van der Waals surface area (Å²) in [6.07, 6.45) is 0. The third kappa shape index (κ3) is 3.82. The monoisotopic (exact) mass is 324 g/mol. The van der Waals surface area contributed by atoms with Crippen molar-refractivity contribution in [1.29, 1.82) is 5.26 Å². The average Bonchev–Trinajstić information content (AvgIpc) is 2.46. The zero-order chi connectivity index (χ0) is 15.5. The van der Waals surface area contributed by atoms with Crippen LogP contribution in [-0.2, 0) is 10.0 Å². The molecule has 2 aromatic rings. The number of pyridine rings is 1. The van der Waals surface area contributed by atoms with Crippen molar-refractivity contribution in [2.45, 2.75) is 0 Å². The fraction of sp³-hybridized carbons (Fsp3) is 0.231. The van der Waals surface area contributed by atoms with E-state index in [1.165, 1.54) is 7.05 Å². The van der Waals surface area contributed by atoms with Gasteiger partial charge in [0.2, 0.25) is 10.0 Å². The number of nitrogens with zero attached hydrogens (tertiary/aromatic N) is 2. The minimum atomic E-state index is -3.28. The molecule has 0 unspecified atom stereocenters. The summed E-state index contributed by atoms with van der Waals surface area (Å²) in [5, 5.41) is 13.3. The second-order valence-corrected chi connectivity index (χ2v) is 6.76. The summed E-state index contributed by atoms with van der Waals surface area (Å²) in [5.74, 6) is 0.374. The van der Waals surface area contributed by atoms with E-state index in [-0.39, 0.29) is 12.3 Å². The third-order valence-corrected chi connectivity index (χ3v) is 4.48. The average molecular weight is 325 g/mol. The topological polar surface area (TPSA) is 94.9 Å². The summed E-state index contributed by atoms with van der Waals surface area (Å²) in [5.41, 5.74) is 1.05. The minimum absolute atomic E-state index is 0.0777. The maximum absolute atomic E-state index is 11.3. The molecule has 0 aliphatic heterocycles. The number of fused-ring (bicyclic) bond motifs is 1. The maximum atomic E-state index is 11.3. The van der Waals surface area contributed by atoms with Crippen LogP contribution >= 0.6 is 11.6 Å². The number of nitriles is 1. The Bertz CT molecular complexity index is 815. The Morgan fingerprint density at radius 3 is 2.81 bits per heavy atom. The van der Waals surface area contributed by atoms with E-state index in [1.807, 2.05) is 0 Å². The smallest absolute Gasteiger partial charge is 0.213 e. The molecule has 0 aliphatic rings. The van der Waals surface area contributed by atoms with Gasteiger partial charge in [-0.1, -0.05) is 11.6 Å². The molecule has 0 amide bonds. The Morgan fingerprint density at radius 1 is 1.38 bits per heavy atom. The molecule has 8 heteroatoms. The lowest BCUT2D eigenvalue weighted by molar-refractivity contribution is 0.588. The van der Waals surface area contributed by atoms with Crippen LogP contribution in [0.1, 0.15) is 5.56 Å². The molecule has 21 heavy (non-hydrogen) atoms. The van der Waals surface area contributed by atoms with E-state index in [2.05, 4.69) is 21.1 Å². The van der Waals surface area contributed by atoms with Crippen LogP contribution in [0.5, 0.6) is 0 Å². The van der Waals surface area contributed by atoms with E-state index in [1.54, 1.807) is 24.3 Å².